The molecular weight excluding hydrogens is 306 g/mol. The average Bonchev–Trinajstić information content (AvgIpc) is 3.15. The van der Waals surface area contributed by atoms with Crippen LogP contribution in [0.25, 0.3) is 11.0 Å². The number of fused-ring (bicyclic) bond motifs is 1. The Balaban J connectivity index is 1.60. The van der Waals surface area contributed by atoms with Crippen LogP contribution in [-0.2, 0) is 9.53 Å². The lowest BCUT2D eigenvalue weighted by molar-refractivity contribution is -0.144. The minimum Gasteiger partial charge on any atom is -0.451 e. The second-order valence-electron chi connectivity index (χ2n) is 6.90. The van der Waals surface area contributed by atoms with Gasteiger partial charge in [-0.05, 0) is 38.3 Å². The predicted octanol–water partition coefficient (Wildman–Crippen LogP) is 3.01. The Morgan fingerprint density at radius 1 is 1.25 bits per heavy atom. The molecule has 1 spiro atoms. The Bertz CT molecular complexity index is 829. The number of amides is 1. The fraction of sp³-hybridized carbons (Fsp3) is 0.474. The predicted molar refractivity (Wildman–Crippen MR) is 89.1 cm³/mol. The molecule has 1 amide bonds. The van der Waals surface area contributed by atoms with Gasteiger partial charge in [0.1, 0.15) is 11.2 Å². The summed E-state index contributed by atoms with van der Waals surface area (Å²) in [5.74, 6) is 0.151. The second-order valence-corrected chi connectivity index (χ2v) is 6.90. The summed E-state index contributed by atoms with van der Waals surface area (Å²) >= 11 is 0. The summed E-state index contributed by atoms with van der Waals surface area (Å²) < 4.78 is 11.5. The van der Waals surface area contributed by atoms with E-state index in [1.54, 1.807) is 4.90 Å². The van der Waals surface area contributed by atoms with E-state index in [0.29, 0.717) is 25.3 Å². The highest BCUT2D eigenvalue weighted by molar-refractivity contribution is 6.02. The van der Waals surface area contributed by atoms with Gasteiger partial charge in [0.2, 0.25) is 0 Å². The fourth-order valence-electron chi connectivity index (χ4n) is 3.82. The summed E-state index contributed by atoms with van der Waals surface area (Å²) in [5.41, 5.74) is 2.00. The molecule has 0 saturated carbocycles. The SMILES string of the molecule is Cc1ccc2c(C)c(C(=O)N3CC[C@]4(CCCO4)C(=O)C3)oc2c1. The van der Waals surface area contributed by atoms with Gasteiger partial charge >= 0.3 is 0 Å². The van der Waals surface area contributed by atoms with E-state index in [2.05, 4.69) is 0 Å². The number of carbonyl (C=O) groups excluding carboxylic acids is 2. The van der Waals surface area contributed by atoms with Crippen molar-refractivity contribution in [3.63, 3.8) is 0 Å². The highest BCUT2D eigenvalue weighted by Gasteiger charge is 2.46. The summed E-state index contributed by atoms with van der Waals surface area (Å²) in [6, 6.07) is 5.91. The minimum atomic E-state index is -0.642. The van der Waals surface area contributed by atoms with E-state index >= 15 is 0 Å². The van der Waals surface area contributed by atoms with Crippen molar-refractivity contribution in [2.75, 3.05) is 19.7 Å². The van der Waals surface area contributed by atoms with Crippen LogP contribution in [0.2, 0.25) is 0 Å². The molecule has 3 heterocycles. The van der Waals surface area contributed by atoms with Crippen LogP contribution in [-0.4, -0.2) is 41.9 Å². The van der Waals surface area contributed by atoms with Crippen molar-refractivity contribution in [3.8, 4) is 0 Å². The van der Waals surface area contributed by atoms with Gasteiger partial charge in [0.25, 0.3) is 5.91 Å². The Kier molecular flexibility index (Phi) is 3.49. The van der Waals surface area contributed by atoms with Crippen molar-refractivity contribution >= 4 is 22.7 Å². The summed E-state index contributed by atoms with van der Waals surface area (Å²) in [4.78, 5) is 27.0. The van der Waals surface area contributed by atoms with E-state index in [4.69, 9.17) is 9.15 Å². The molecule has 5 heteroatoms. The standard InChI is InChI=1S/C19H21NO4/c1-12-4-5-14-13(2)17(24-15(14)10-12)18(22)20-8-7-19(16(21)11-20)6-3-9-23-19/h4-5,10H,3,6-9,11H2,1-2H3/t19-/m1/s1. The maximum absolute atomic E-state index is 12.9. The quantitative estimate of drug-likeness (QED) is 0.808. The number of likely N-dealkylation sites (tertiary alicyclic amines) is 1. The van der Waals surface area contributed by atoms with Crippen LogP contribution in [0.15, 0.2) is 22.6 Å². The van der Waals surface area contributed by atoms with Crippen LogP contribution in [0.1, 0.15) is 40.9 Å². The molecule has 0 radical (unpaired) electrons. The van der Waals surface area contributed by atoms with Crippen LogP contribution in [0.5, 0.6) is 0 Å². The van der Waals surface area contributed by atoms with Gasteiger partial charge in [-0.3, -0.25) is 9.59 Å². The number of nitrogens with zero attached hydrogens (tertiary/aromatic N) is 1. The van der Waals surface area contributed by atoms with Crippen molar-refractivity contribution in [1.82, 2.24) is 4.90 Å². The van der Waals surface area contributed by atoms with Gasteiger partial charge in [-0.25, -0.2) is 0 Å². The molecule has 0 unspecified atom stereocenters. The number of benzene rings is 1. The van der Waals surface area contributed by atoms with Gasteiger partial charge < -0.3 is 14.1 Å². The van der Waals surface area contributed by atoms with Crippen molar-refractivity contribution in [2.45, 2.75) is 38.7 Å². The smallest absolute Gasteiger partial charge is 0.290 e. The Labute approximate surface area is 140 Å². The molecule has 2 aromatic rings. The summed E-state index contributed by atoms with van der Waals surface area (Å²) in [6.45, 7) is 5.15. The maximum Gasteiger partial charge on any atom is 0.290 e. The summed E-state index contributed by atoms with van der Waals surface area (Å²) in [5, 5.41) is 0.947. The summed E-state index contributed by atoms with van der Waals surface area (Å²) in [7, 11) is 0. The van der Waals surface area contributed by atoms with Crippen molar-refractivity contribution < 1.29 is 18.7 Å². The second kappa shape index (κ2) is 5.45. The third-order valence-corrected chi connectivity index (χ3v) is 5.31. The van der Waals surface area contributed by atoms with E-state index in [0.717, 1.165) is 34.9 Å². The number of Topliss-reactive ketones (excluding diaryl/α,β-unsaturated/α-hetero) is 1. The van der Waals surface area contributed by atoms with Gasteiger partial charge in [-0.15, -0.1) is 0 Å². The van der Waals surface area contributed by atoms with E-state index in [1.807, 2.05) is 32.0 Å². The highest BCUT2D eigenvalue weighted by Crippen LogP contribution is 2.34. The monoisotopic (exact) mass is 327 g/mol. The molecule has 0 N–H and O–H groups in total. The molecule has 1 atom stereocenters. The van der Waals surface area contributed by atoms with E-state index in [9.17, 15) is 9.59 Å². The molecule has 2 aliphatic rings. The molecule has 2 saturated heterocycles. The molecule has 2 fully saturated rings. The van der Waals surface area contributed by atoms with Crippen LogP contribution in [0.4, 0.5) is 0 Å². The minimum absolute atomic E-state index is 0.0178. The van der Waals surface area contributed by atoms with E-state index < -0.39 is 5.60 Å². The van der Waals surface area contributed by atoms with E-state index in [-0.39, 0.29) is 18.2 Å². The van der Waals surface area contributed by atoms with Gasteiger partial charge in [0.05, 0.1) is 6.54 Å². The lowest BCUT2D eigenvalue weighted by Gasteiger charge is -2.36. The highest BCUT2D eigenvalue weighted by atomic mass is 16.5. The van der Waals surface area contributed by atoms with Gasteiger partial charge in [0, 0.05) is 30.5 Å². The molecule has 24 heavy (non-hydrogen) atoms. The molecule has 126 valence electrons. The third kappa shape index (κ3) is 2.26. The molecule has 2 aliphatic heterocycles. The van der Waals surface area contributed by atoms with Crippen LogP contribution in [0, 0.1) is 13.8 Å². The fourth-order valence-corrected chi connectivity index (χ4v) is 3.82. The zero-order valence-corrected chi connectivity index (χ0v) is 14.1. The maximum atomic E-state index is 12.9. The number of carbonyl (C=O) groups is 2. The first kappa shape index (κ1) is 15.4. The van der Waals surface area contributed by atoms with Crippen molar-refractivity contribution in [3.05, 3.63) is 35.1 Å². The Morgan fingerprint density at radius 2 is 2.08 bits per heavy atom. The molecule has 5 nitrogen and oxygen atoms in total. The first-order valence-corrected chi connectivity index (χ1v) is 8.46. The van der Waals surface area contributed by atoms with Crippen LogP contribution in [0.3, 0.4) is 0 Å². The van der Waals surface area contributed by atoms with Crippen LogP contribution >= 0.6 is 0 Å². The third-order valence-electron chi connectivity index (χ3n) is 5.31. The molecule has 0 aliphatic carbocycles. The van der Waals surface area contributed by atoms with Gasteiger partial charge in [-0.2, -0.15) is 0 Å². The molecule has 1 aromatic carbocycles. The topological polar surface area (TPSA) is 59.8 Å². The Morgan fingerprint density at radius 3 is 2.79 bits per heavy atom. The zero-order chi connectivity index (χ0) is 16.9. The molecule has 0 bridgehead atoms. The molecular formula is C19H21NO4. The lowest BCUT2D eigenvalue weighted by atomic mass is 9.87. The number of hydrogen-bond donors (Lipinski definition) is 0. The van der Waals surface area contributed by atoms with Crippen molar-refractivity contribution in [1.29, 1.82) is 0 Å². The Hall–Kier alpha value is -2.14. The van der Waals surface area contributed by atoms with Gasteiger partial charge in [0.15, 0.2) is 11.5 Å². The number of ether oxygens (including phenoxy) is 1. The number of hydrogen-bond acceptors (Lipinski definition) is 4. The lowest BCUT2D eigenvalue weighted by Crippen LogP contribution is -2.53. The number of ketones is 1. The summed E-state index contributed by atoms with van der Waals surface area (Å²) in [6.07, 6.45) is 2.27. The zero-order valence-electron chi connectivity index (χ0n) is 14.1. The first-order chi connectivity index (χ1) is 11.5. The largest absolute Gasteiger partial charge is 0.451 e. The number of furan rings is 1. The number of aryl methyl sites for hydroxylation is 2. The van der Waals surface area contributed by atoms with E-state index in [1.165, 1.54) is 0 Å². The first-order valence-electron chi connectivity index (χ1n) is 8.46. The van der Waals surface area contributed by atoms with Crippen LogP contribution < -0.4 is 0 Å². The number of rotatable bonds is 1. The van der Waals surface area contributed by atoms with Gasteiger partial charge in [-0.1, -0.05) is 12.1 Å². The van der Waals surface area contributed by atoms with Crippen molar-refractivity contribution in [2.24, 2.45) is 0 Å². The average molecular weight is 327 g/mol. The number of piperidine rings is 1. The molecule has 4 rings (SSSR count). The molecule has 1 aromatic heterocycles. The normalized spacial score (nSPS) is 24.2.